The molecule has 0 atom stereocenters. The van der Waals surface area contributed by atoms with Gasteiger partial charge in [-0.05, 0) is 23.6 Å². The van der Waals surface area contributed by atoms with E-state index in [1.165, 1.54) is 23.0 Å². The maximum Gasteiger partial charge on any atom is 0.273 e. The fourth-order valence-electron chi connectivity index (χ4n) is 3.54. The number of halogens is 1. The molecule has 150 valence electrons. The van der Waals surface area contributed by atoms with E-state index in [9.17, 15) is 9.18 Å². The topological polar surface area (TPSA) is 36.4 Å². The van der Waals surface area contributed by atoms with Crippen LogP contribution in [0, 0.1) is 5.82 Å². The Morgan fingerprint density at radius 2 is 1.72 bits per heavy atom. The summed E-state index contributed by atoms with van der Waals surface area (Å²) in [7, 11) is 0. The molecule has 2 heterocycles. The molecule has 3 aromatic rings. The highest BCUT2D eigenvalue weighted by atomic mass is 32.1. The summed E-state index contributed by atoms with van der Waals surface area (Å²) in [5, 5.41) is 2.69. The molecule has 4 rings (SSSR count). The molecule has 0 saturated carbocycles. The van der Waals surface area contributed by atoms with Gasteiger partial charge in [-0.2, -0.15) is 0 Å². The predicted octanol–water partition coefficient (Wildman–Crippen LogP) is 5.04. The Kier molecular flexibility index (Phi) is 5.62. The molecule has 6 heteroatoms. The second-order valence-corrected chi connectivity index (χ2v) is 8.40. The van der Waals surface area contributed by atoms with Crippen molar-refractivity contribution >= 4 is 22.9 Å². The van der Waals surface area contributed by atoms with E-state index >= 15 is 0 Å². The highest BCUT2D eigenvalue weighted by Crippen LogP contribution is 2.27. The van der Waals surface area contributed by atoms with Gasteiger partial charge in [0.05, 0.1) is 5.69 Å². The van der Waals surface area contributed by atoms with Gasteiger partial charge in [0.2, 0.25) is 0 Å². The molecule has 0 unspecified atom stereocenters. The van der Waals surface area contributed by atoms with Gasteiger partial charge in [0.25, 0.3) is 5.91 Å². The number of nitrogens with zero attached hydrogens (tertiary/aromatic N) is 3. The third-order valence-electron chi connectivity index (χ3n) is 5.31. The average molecular weight is 410 g/mol. The highest BCUT2D eigenvalue weighted by Gasteiger charge is 2.25. The zero-order valence-corrected chi connectivity index (χ0v) is 17.5. The molecule has 1 fully saturated rings. The molecule has 29 heavy (non-hydrogen) atoms. The lowest BCUT2D eigenvalue weighted by atomic mass is 10.0. The number of benzene rings is 2. The van der Waals surface area contributed by atoms with Crippen LogP contribution >= 0.6 is 11.3 Å². The molecule has 1 saturated heterocycles. The smallest absolute Gasteiger partial charge is 0.273 e. The van der Waals surface area contributed by atoms with Crippen molar-refractivity contribution < 1.29 is 9.18 Å². The van der Waals surface area contributed by atoms with E-state index in [1.807, 2.05) is 16.3 Å². The number of hydrogen-bond donors (Lipinski definition) is 0. The predicted molar refractivity (Wildman–Crippen MR) is 116 cm³/mol. The first-order valence-corrected chi connectivity index (χ1v) is 10.8. The zero-order valence-electron chi connectivity index (χ0n) is 16.6. The van der Waals surface area contributed by atoms with Crippen LogP contribution in [0.5, 0.6) is 0 Å². The van der Waals surface area contributed by atoms with Gasteiger partial charge < -0.3 is 9.80 Å². The van der Waals surface area contributed by atoms with E-state index in [2.05, 4.69) is 43.1 Å². The normalized spacial score (nSPS) is 14.5. The van der Waals surface area contributed by atoms with E-state index in [0.717, 1.165) is 10.6 Å². The molecule has 0 bridgehead atoms. The Morgan fingerprint density at radius 1 is 1.03 bits per heavy atom. The van der Waals surface area contributed by atoms with E-state index in [1.54, 1.807) is 17.0 Å². The molecular weight excluding hydrogens is 385 g/mol. The van der Waals surface area contributed by atoms with Crippen LogP contribution in [0.25, 0.3) is 10.6 Å². The highest BCUT2D eigenvalue weighted by molar-refractivity contribution is 7.13. The minimum Gasteiger partial charge on any atom is -0.366 e. The lowest BCUT2D eigenvalue weighted by Gasteiger charge is -2.35. The van der Waals surface area contributed by atoms with Crippen molar-refractivity contribution in [3.8, 4) is 10.6 Å². The van der Waals surface area contributed by atoms with Gasteiger partial charge in [-0.1, -0.05) is 50.2 Å². The van der Waals surface area contributed by atoms with Gasteiger partial charge in [0.1, 0.15) is 16.5 Å². The maximum absolute atomic E-state index is 14.0. The maximum atomic E-state index is 14.0. The van der Waals surface area contributed by atoms with Gasteiger partial charge in [-0.3, -0.25) is 4.79 Å². The van der Waals surface area contributed by atoms with Crippen LogP contribution in [-0.4, -0.2) is 42.0 Å². The minimum absolute atomic E-state index is 0.0560. The molecule has 0 N–H and O–H groups in total. The molecule has 1 amide bonds. The standard InChI is InChI=1S/C23H24FN3OS/c1-16(2)17-7-9-18(10-8-17)22-25-20(15-29-22)23(28)27-13-11-26(12-14-27)21-6-4-3-5-19(21)24/h3-10,15-16H,11-14H2,1-2H3. The monoisotopic (exact) mass is 409 g/mol. The quantitative estimate of drug-likeness (QED) is 0.606. The number of carbonyl (C=O) groups is 1. The molecule has 0 spiro atoms. The van der Waals surface area contributed by atoms with Crippen molar-refractivity contribution in [3.63, 3.8) is 0 Å². The number of carbonyl (C=O) groups excluding carboxylic acids is 1. The second-order valence-electron chi connectivity index (χ2n) is 7.55. The van der Waals surface area contributed by atoms with Crippen LogP contribution in [0.3, 0.4) is 0 Å². The van der Waals surface area contributed by atoms with Crippen LogP contribution in [-0.2, 0) is 0 Å². The van der Waals surface area contributed by atoms with Gasteiger partial charge in [0, 0.05) is 37.1 Å². The lowest BCUT2D eigenvalue weighted by molar-refractivity contribution is 0.0741. The summed E-state index contributed by atoms with van der Waals surface area (Å²) in [6, 6.07) is 15.1. The van der Waals surface area contributed by atoms with Crippen LogP contribution in [0.2, 0.25) is 0 Å². The molecule has 2 aromatic carbocycles. The van der Waals surface area contributed by atoms with E-state index < -0.39 is 0 Å². The van der Waals surface area contributed by atoms with Gasteiger partial charge in [0.15, 0.2) is 0 Å². The molecule has 0 radical (unpaired) electrons. The Labute approximate surface area is 174 Å². The first-order chi connectivity index (χ1) is 14.0. The van der Waals surface area contributed by atoms with Crippen molar-refractivity contribution in [2.24, 2.45) is 0 Å². The average Bonchev–Trinajstić information content (AvgIpc) is 3.24. The first kappa shape index (κ1) is 19.6. The molecule has 0 aliphatic carbocycles. The fraction of sp³-hybridized carbons (Fsp3) is 0.304. The Bertz CT molecular complexity index is 991. The number of anilines is 1. The fourth-order valence-corrected chi connectivity index (χ4v) is 4.34. The van der Waals surface area contributed by atoms with Gasteiger partial charge in [-0.15, -0.1) is 11.3 Å². The Morgan fingerprint density at radius 3 is 2.38 bits per heavy atom. The third kappa shape index (κ3) is 4.17. The van der Waals surface area contributed by atoms with Crippen LogP contribution in [0.15, 0.2) is 53.9 Å². The minimum atomic E-state index is -0.222. The van der Waals surface area contributed by atoms with Crippen molar-refractivity contribution in [1.82, 2.24) is 9.88 Å². The Hall–Kier alpha value is -2.73. The van der Waals surface area contributed by atoms with E-state index in [4.69, 9.17) is 0 Å². The summed E-state index contributed by atoms with van der Waals surface area (Å²) < 4.78 is 14.0. The molecule has 4 nitrogen and oxygen atoms in total. The van der Waals surface area contributed by atoms with E-state index in [0.29, 0.717) is 43.5 Å². The van der Waals surface area contributed by atoms with Gasteiger partial charge >= 0.3 is 0 Å². The van der Waals surface area contributed by atoms with Gasteiger partial charge in [-0.25, -0.2) is 9.37 Å². The lowest BCUT2D eigenvalue weighted by Crippen LogP contribution is -2.49. The number of amides is 1. The molecule has 1 aliphatic rings. The van der Waals surface area contributed by atoms with E-state index in [-0.39, 0.29) is 11.7 Å². The number of para-hydroxylation sites is 1. The molecular formula is C23H24FN3OS. The summed E-state index contributed by atoms with van der Waals surface area (Å²) >= 11 is 1.49. The van der Waals surface area contributed by atoms with Crippen LogP contribution in [0.1, 0.15) is 35.8 Å². The summed E-state index contributed by atoms with van der Waals surface area (Å²) in [6.45, 7) is 6.68. The number of hydrogen-bond acceptors (Lipinski definition) is 4. The molecule has 1 aliphatic heterocycles. The summed E-state index contributed by atoms with van der Waals surface area (Å²) in [4.78, 5) is 21.2. The zero-order chi connectivity index (χ0) is 20.4. The van der Waals surface area contributed by atoms with Crippen molar-refractivity contribution in [2.45, 2.75) is 19.8 Å². The van der Waals surface area contributed by atoms with Crippen molar-refractivity contribution in [2.75, 3.05) is 31.1 Å². The first-order valence-electron chi connectivity index (χ1n) is 9.87. The number of aromatic nitrogens is 1. The number of thiazole rings is 1. The van der Waals surface area contributed by atoms with Crippen LogP contribution < -0.4 is 4.90 Å². The van der Waals surface area contributed by atoms with Crippen molar-refractivity contribution in [1.29, 1.82) is 0 Å². The van der Waals surface area contributed by atoms with Crippen LogP contribution in [0.4, 0.5) is 10.1 Å². The third-order valence-corrected chi connectivity index (χ3v) is 6.20. The SMILES string of the molecule is CC(C)c1ccc(-c2nc(C(=O)N3CCN(c4ccccc4F)CC3)cs2)cc1. The largest absolute Gasteiger partial charge is 0.366 e. The second kappa shape index (κ2) is 8.33. The van der Waals surface area contributed by atoms with Crippen molar-refractivity contribution in [3.05, 3.63) is 71.0 Å². The number of piperazine rings is 1. The summed E-state index contributed by atoms with van der Waals surface area (Å²) in [5.74, 6) is 0.208. The number of rotatable bonds is 4. The summed E-state index contributed by atoms with van der Waals surface area (Å²) in [5.41, 5.74) is 3.40. The molecule has 1 aromatic heterocycles. The Balaban J connectivity index is 1.41. The summed E-state index contributed by atoms with van der Waals surface area (Å²) in [6.07, 6.45) is 0.